The Labute approximate surface area is 132 Å². The number of aryl methyl sites for hydroxylation is 1. The van der Waals surface area contributed by atoms with Crippen LogP contribution >= 0.6 is 0 Å². The van der Waals surface area contributed by atoms with E-state index in [2.05, 4.69) is 5.32 Å². The molecule has 1 N–H and O–H groups in total. The van der Waals surface area contributed by atoms with Crippen LogP contribution in [0.5, 0.6) is 0 Å². The SMILES string of the molecule is CC(=O)NC[C@H]1CN(c2cccc3ccc(=O)n(C)c23)C(=O)O1. The number of fused-ring (bicyclic) bond motifs is 1. The molecule has 1 aliphatic rings. The minimum atomic E-state index is -0.482. The maximum Gasteiger partial charge on any atom is 0.414 e. The first-order chi connectivity index (χ1) is 11.0. The first kappa shape index (κ1) is 15.1. The van der Waals surface area contributed by atoms with Crippen LogP contribution in [0.25, 0.3) is 10.9 Å². The molecule has 0 bridgehead atoms. The fourth-order valence-electron chi connectivity index (χ4n) is 2.73. The van der Waals surface area contributed by atoms with E-state index in [1.54, 1.807) is 19.2 Å². The number of aromatic nitrogens is 1. The lowest BCUT2D eigenvalue weighted by Crippen LogP contribution is -2.33. The van der Waals surface area contributed by atoms with Crippen LogP contribution in [0.2, 0.25) is 0 Å². The molecule has 1 fully saturated rings. The van der Waals surface area contributed by atoms with Crippen molar-refractivity contribution in [3.05, 3.63) is 40.7 Å². The molecule has 1 aromatic carbocycles. The van der Waals surface area contributed by atoms with E-state index in [1.165, 1.54) is 22.5 Å². The number of benzene rings is 1. The number of pyridine rings is 1. The molecule has 0 unspecified atom stereocenters. The van der Waals surface area contributed by atoms with Crippen LogP contribution in [0.15, 0.2) is 35.1 Å². The van der Waals surface area contributed by atoms with Crippen LogP contribution in [0.3, 0.4) is 0 Å². The Kier molecular flexibility index (Phi) is 3.77. The zero-order chi connectivity index (χ0) is 16.6. The summed E-state index contributed by atoms with van der Waals surface area (Å²) < 4.78 is 6.80. The van der Waals surface area contributed by atoms with E-state index in [4.69, 9.17) is 4.74 Å². The van der Waals surface area contributed by atoms with E-state index in [-0.39, 0.29) is 18.0 Å². The van der Waals surface area contributed by atoms with Gasteiger partial charge in [-0.15, -0.1) is 0 Å². The zero-order valence-electron chi connectivity index (χ0n) is 12.9. The number of para-hydroxylation sites is 1. The van der Waals surface area contributed by atoms with E-state index in [0.717, 1.165) is 5.39 Å². The largest absolute Gasteiger partial charge is 0.442 e. The second-order valence-corrected chi connectivity index (χ2v) is 5.50. The van der Waals surface area contributed by atoms with Crippen molar-refractivity contribution in [1.82, 2.24) is 9.88 Å². The number of cyclic esters (lactones) is 1. The van der Waals surface area contributed by atoms with Crippen molar-refractivity contribution in [1.29, 1.82) is 0 Å². The summed E-state index contributed by atoms with van der Waals surface area (Å²) >= 11 is 0. The smallest absolute Gasteiger partial charge is 0.414 e. The molecule has 1 aromatic heterocycles. The molecule has 0 saturated carbocycles. The summed E-state index contributed by atoms with van der Waals surface area (Å²) in [6.07, 6.45) is -0.897. The van der Waals surface area contributed by atoms with Crippen molar-refractivity contribution in [3.8, 4) is 0 Å². The van der Waals surface area contributed by atoms with Gasteiger partial charge in [0, 0.05) is 25.4 Å². The molecule has 2 heterocycles. The van der Waals surface area contributed by atoms with Gasteiger partial charge in [-0.3, -0.25) is 14.5 Å². The van der Waals surface area contributed by atoms with Crippen molar-refractivity contribution < 1.29 is 14.3 Å². The van der Waals surface area contributed by atoms with Gasteiger partial charge in [0.25, 0.3) is 5.56 Å². The fourth-order valence-corrected chi connectivity index (χ4v) is 2.73. The minimum absolute atomic E-state index is 0.146. The maximum absolute atomic E-state index is 12.2. The highest BCUT2D eigenvalue weighted by molar-refractivity contribution is 6.00. The Morgan fingerprint density at radius 1 is 1.30 bits per heavy atom. The molecule has 3 rings (SSSR count). The summed E-state index contributed by atoms with van der Waals surface area (Å²) in [4.78, 5) is 36.6. The van der Waals surface area contributed by atoms with E-state index >= 15 is 0 Å². The molecule has 23 heavy (non-hydrogen) atoms. The lowest BCUT2D eigenvalue weighted by molar-refractivity contribution is -0.119. The summed E-state index contributed by atoms with van der Waals surface area (Å²) in [6, 6.07) is 8.72. The molecule has 2 amide bonds. The van der Waals surface area contributed by atoms with Crippen LogP contribution in [0.1, 0.15) is 6.92 Å². The zero-order valence-corrected chi connectivity index (χ0v) is 12.9. The Balaban J connectivity index is 1.97. The Morgan fingerprint density at radius 3 is 2.83 bits per heavy atom. The molecule has 7 heteroatoms. The quantitative estimate of drug-likeness (QED) is 0.916. The third kappa shape index (κ3) is 2.77. The molecule has 0 spiro atoms. The van der Waals surface area contributed by atoms with Gasteiger partial charge in [0.1, 0.15) is 6.10 Å². The summed E-state index contributed by atoms with van der Waals surface area (Å²) in [5.41, 5.74) is 1.16. The normalized spacial score (nSPS) is 17.4. The third-order valence-corrected chi connectivity index (χ3v) is 3.86. The molecule has 0 aliphatic carbocycles. The monoisotopic (exact) mass is 315 g/mol. The molecule has 1 saturated heterocycles. The van der Waals surface area contributed by atoms with E-state index in [9.17, 15) is 14.4 Å². The number of hydrogen-bond donors (Lipinski definition) is 1. The average Bonchev–Trinajstić information content (AvgIpc) is 2.89. The number of ether oxygens (including phenoxy) is 1. The predicted molar refractivity (Wildman–Crippen MR) is 85.5 cm³/mol. The summed E-state index contributed by atoms with van der Waals surface area (Å²) in [5, 5.41) is 3.50. The summed E-state index contributed by atoms with van der Waals surface area (Å²) in [5.74, 6) is -0.174. The number of nitrogens with zero attached hydrogens (tertiary/aromatic N) is 2. The van der Waals surface area contributed by atoms with Gasteiger partial charge < -0.3 is 14.6 Å². The lowest BCUT2D eigenvalue weighted by atomic mass is 10.1. The van der Waals surface area contributed by atoms with Gasteiger partial charge in [-0.2, -0.15) is 0 Å². The lowest BCUT2D eigenvalue weighted by Gasteiger charge is -2.17. The topological polar surface area (TPSA) is 80.6 Å². The summed E-state index contributed by atoms with van der Waals surface area (Å²) in [7, 11) is 1.67. The number of amides is 2. The Bertz CT molecular complexity index is 843. The van der Waals surface area contributed by atoms with Crippen LogP contribution in [-0.2, 0) is 16.6 Å². The van der Waals surface area contributed by atoms with Crippen LogP contribution in [0, 0.1) is 0 Å². The highest BCUT2D eigenvalue weighted by Gasteiger charge is 2.33. The molecule has 1 aliphatic heterocycles. The second-order valence-electron chi connectivity index (χ2n) is 5.50. The van der Waals surface area contributed by atoms with Gasteiger partial charge in [-0.25, -0.2) is 4.79 Å². The molecule has 1 atom stereocenters. The van der Waals surface area contributed by atoms with E-state index in [0.29, 0.717) is 17.7 Å². The number of anilines is 1. The molecular weight excluding hydrogens is 298 g/mol. The molecule has 7 nitrogen and oxygen atoms in total. The number of carbonyl (C=O) groups is 2. The van der Waals surface area contributed by atoms with Crippen molar-refractivity contribution in [2.45, 2.75) is 13.0 Å². The van der Waals surface area contributed by atoms with Crippen LogP contribution in [-0.4, -0.2) is 35.8 Å². The second kappa shape index (κ2) is 5.75. The number of carbonyl (C=O) groups excluding carboxylic acids is 2. The first-order valence-corrected chi connectivity index (χ1v) is 7.28. The van der Waals surface area contributed by atoms with Gasteiger partial charge in [-0.1, -0.05) is 12.1 Å². The Hall–Kier alpha value is -2.83. The third-order valence-electron chi connectivity index (χ3n) is 3.86. The minimum Gasteiger partial charge on any atom is -0.442 e. The fraction of sp³-hybridized carbons (Fsp3) is 0.312. The van der Waals surface area contributed by atoms with Gasteiger partial charge >= 0.3 is 6.09 Å². The van der Waals surface area contributed by atoms with Crippen LogP contribution in [0.4, 0.5) is 10.5 Å². The molecule has 0 radical (unpaired) electrons. The molecular formula is C16H17N3O4. The van der Waals surface area contributed by atoms with Crippen molar-refractivity contribution in [2.75, 3.05) is 18.0 Å². The number of hydrogen-bond acceptors (Lipinski definition) is 4. The molecule has 2 aromatic rings. The average molecular weight is 315 g/mol. The van der Waals surface area contributed by atoms with Crippen molar-refractivity contribution in [2.24, 2.45) is 7.05 Å². The standard InChI is InChI=1S/C16H17N3O4/c1-10(20)17-8-12-9-19(16(22)23-12)13-5-3-4-11-6-7-14(21)18(2)15(11)13/h3-7,12H,8-9H2,1-2H3,(H,17,20)/t12-/m0/s1. The van der Waals surface area contributed by atoms with Gasteiger partial charge in [-0.05, 0) is 12.1 Å². The highest BCUT2D eigenvalue weighted by atomic mass is 16.6. The number of nitrogens with one attached hydrogen (secondary N) is 1. The number of rotatable bonds is 3. The predicted octanol–water partition coefficient (Wildman–Crippen LogP) is 1.000. The first-order valence-electron chi connectivity index (χ1n) is 7.28. The molecule has 120 valence electrons. The van der Waals surface area contributed by atoms with Crippen molar-refractivity contribution >= 4 is 28.6 Å². The van der Waals surface area contributed by atoms with Crippen LogP contribution < -0.4 is 15.8 Å². The highest BCUT2D eigenvalue weighted by Crippen LogP contribution is 2.28. The maximum atomic E-state index is 12.2. The van der Waals surface area contributed by atoms with Gasteiger partial charge in [0.2, 0.25) is 5.91 Å². The van der Waals surface area contributed by atoms with E-state index < -0.39 is 12.2 Å². The van der Waals surface area contributed by atoms with Gasteiger partial charge in [0.05, 0.1) is 24.3 Å². The Morgan fingerprint density at radius 2 is 2.09 bits per heavy atom. The van der Waals surface area contributed by atoms with E-state index in [1.807, 2.05) is 12.1 Å². The van der Waals surface area contributed by atoms with Gasteiger partial charge in [0.15, 0.2) is 0 Å². The van der Waals surface area contributed by atoms with Crippen molar-refractivity contribution in [3.63, 3.8) is 0 Å². The summed E-state index contributed by atoms with van der Waals surface area (Å²) in [6.45, 7) is 2.00.